The predicted molar refractivity (Wildman–Crippen MR) is 73.1 cm³/mol. The van der Waals surface area contributed by atoms with Crippen LogP contribution in [0.1, 0.15) is 5.56 Å². The minimum Gasteiger partial charge on any atom is -0.225 e. The molecule has 0 amide bonds. The summed E-state index contributed by atoms with van der Waals surface area (Å²) in [4.78, 5) is 7.86. The van der Waals surface area contributed by atoms with Crippen LogP contribution in [0.15, 0.2) is 35.5 Å². The summed E-state index contributed by atoms with van der Waals surface area (Å²) in [5.41, 5.74) is 1.14. The van der Waals surface area contributed by atoms with Gasteiger partial charge in [0.25, 0.3) is 0 Å². The van der Waals surface area contributed by atoms with Crippen LogP contribution in [0.5, 0.6) is 0 Å². The van der Waals surface area contributed by atoms with Gasteiger partial charge in [0, 0.05) is 10.8 Å². The van der Waals surface area contributed by atoms with Gasteiger partial charge in [0.15, 0.2) is 0 Å². The molecular formula is C11H7Cl3N2S. The van der Waals surface area contributed by atoms with Gasteiger partial charge < -0.3 is 0 Å². The maximum atomic E-state index is 5.96. The molecule has 0 saturated carbocycles. The SMILES string of the molecule is Clc1ccc(CSc2nc(Cl)ncc2Cl)cc1. The Hall–Kier alpha value is -0.480. The fourth-order valence-corrected chi connectivity index (χ4v) is 2.57. The predicted octanol–water partition coefficient (Wildman–Crippen LogP) is 4.73. The van der Waals surface area contributed by atoms with Gasteiger partial charge in [-0.3, -0.25) is 0 Å². The van der Waals surface area contributed by atoms with E-state index >= 15 is 0 Å². The molecule has 88 valence electrons. The number of rotatable bonds is 3. The Bertz CT molecular complexity index is 517. The molecular weight excluding hydrogens is 299 g/mol. The van der Waals surface area contributed by atoms with Gasteiger partial charge in [0.05, 0.1) is 11.2 Å². The van der Waals surface area contributed by atoms with Crippen molar-refractivity contribution in [1.29, 1.82) is 0 Å². The monoisotopic (exact) mass is 304 g/mol. The topological polar surface area (TPSA) is 25.8 Å². The van der Waals surface area contributed by atoms with Gasteiger partial charge in [0.1, 0.15) is 5.03 Å². The molecule has 1 aromatic heterocycles. The van der Waals surface area contributed by atoms with Crippen LogP contribution in [0.25, 0.3) is 0 Å². The van der Waals surface area contributed by atoms with Crippen LogP contribution in [0.4, 0.5) is 0 Å². The third-order valence-corrected chi connectivity index (χ3v) is 3.86. The van der Waals surface area contributed by atoms with Crippen LogP contribution in [-0.4, -0.2) is 9.97 Å². The third-order valence-electron chi connectivity index (χ3n) is 1.97. The van der Waals surface area contributed by atoms with E-state index in [0.29, 0.717) is 10.0 Å². The minimum absolute atomic E-state index is 0.202. The summed E-state index contributed by atoms with van der Waals surface area (Å²) in [5, 5.41) is 2.12. The van der Waals surface area contributed by atoms with Gasteiger partial charge in [-0.1, -0.05) is 47.1 Å². The second-order valence-corrected chi connectivity index (χ2v) is 5.35. The molecule has 0 unspecified atom stereocenters. The maximum absolute atomic E-state index is 5.96. The second kappa shape index (κ2) is 5.91. The number of aromatic nitrogens is 2. The first kappa shape index (κ1) is 13.0. The molecule has 0 aliphatic carbocycles. The van der Waals surface area contributed by atoms with Gasteiger partial charge in [-0.05, 0) is 29.3 Å². The van der Waals surface area contributed by atoms with Crippen molar-refractivity contribution in [3.63, 3.8) is 0 Å². The lowest BCUT2D eigenvalue weighted by atomic mass is 10.2. The Labute approximate surface area is 118 Å². The Morgan fingerprint density at radius 2 is 1.76 bits per heavy atom. The van der Waals surface area contributed by atoms with Crippen molar-refractivity contribution in [1.82, 2.24) is 9.97 Å². The Balaban J connectivity index is 2.07. The molecule has 1 heterocycles. The number of benzene rings is 1. The van der Waals surface area contributed by atoms with Gasteiger partial charge in [-0.25, -0.2) is 9.97 Å². The van der Waals surface area contributed by atoms with E-state index in [2.05, 4.69) is 9.97 Å². The molecule has 0 fully saturated rings. The van der Waals surface area contributed by atoms with E-state index in [9.17, 15) is 0 Å². The average molecular weight is 306 g/mol. The number of halogens is 3. The van der Waals surface area contributed by atoms with Gasteiger partial charge >= 0.3 is 0 Å². The van der Waals surface area contributed by atoms with Crippen LogP contribution < -0.4 is 0 Å². The van der Waals surface area contributed by atoms with Crippen LogP contribution in [-0.2, 0) is 5.75 Å². The molecule has 0 atom stereocenters. The van der Waals surface area contributed by atoms with Crippen molar-refractivity contribution < 1.29 is 0 Å². The lowest BCUT2D eigenvalue weighted by Crippen LogP contribution is -1.87. The molecule has 17 heavy (non-hydrogen) atoms. The molecule has 0 radical (unpaired) electrons. The van der Waals surface area contributed by atoms with Crippen LogP contribution >= 0.6 is 46.6 Å². The highest BCUT2D eigenvalue weighted by molar-refractivity contribution is 7.98. The van der Waals surface area contributed by atoms with Crippen LogP contribution in [0, 0.1) is 0 Å². The summed E-state index contributed by atoms with van der Waals surface area (Å²) >= 11 is 19.0. The zero-order valence-corrected chi connectivity index (χ0v) is 11.6. The van der Waals surface area contributed by atoms with E-state index in [-0.39, 0.29) is 5.28 Å². The lowest BCUT2D eigenvalue weighted by Gasteiger charge is -2.03. The molecule has 0 N–H and O–H groups in total. The van der Waals surface area contributed by atoms with Gasteiger partial charge in [0.2, 0.25) is 5.28 Å². The third kappa shape index (κ3) is 3.75. The summed E-state index contributed by atoms with van der Waals surface area (Å²) in [6, 6.07) is 7.64. The molecule has 2 rings (SSSR count). The summed E-state index contributed by atoms with van der Waals surface area (Å²) in [5.74, 6) is 0.754. The average Bonchev–Trinajstić information content (AvgIpc) is 2.32. The highest BCUT2D eigenvalue weighted by atomic mass is 35.5. The summed E-state index contributed by atoms with van der Waals surface area (Å²) in [7, 11) is 0. The summed E-state index contributed by atoms with van der Waals surface area (Å²) < 4.78 is 0. The number of hydrogen-bond donors (Lipinski definition) is 0. The van der Waals surface area contributed by atoms with E-state index in [1.54, 1.807) is 0 Å². The summed E-state index contributed by atoms with van der Waals surface area (Å²) in [6.45, 7) is 0. The minimum atomic E-state index is 0.202. The first-order valence-corrected chi connectivity index (χ1v) is 6.82. The molecule has 0 spiro atoms. The zero-order chi connectivity index (χ0) is 12.3. The highest BCUT2D eigenvalue weighted by Crippen LogP contribution is 2.28. The Morgan fingerprint density at radius 1 is 1.06 bits per heavy atom. The van der Waals surface area contributed by atoms with Crippen LogP contribution in [0.2, 0.25) is 15.3 Å². The van der Waals surface area contributed by atoms with Crippen molar-refractivity contribution in [3.8, 4) is 0 Å². The van der Waals surface area contributed by atoms with Crippen molar-refractivity contribution in [2.24, 2.45) is 0 Å². The fraction of sp³-hybridized carbons (Fsp3) is 0.0909. The molecule has 0 aliphatic rings. The van der Waals surface area contributed by atoms with Crippen molar-refractivity contribution in [3.05, 3.63) is 51.4 Å². The second-order valence-electron chi connectivity index (χ2n) is 3.21. The maximum Gasteiger partial charge on any atom is 0.223 e. The molecule has 0 saturated heterocycles. The lowest BCUT2D eigenvalue weighted by molar-refractivity contribution is 1.05. The fourth-order valence-electron chi connectivity index (χ4n) is 1.16. The highest BCUT2D eigenvalue weighted by Gasteiger charge is 2.05. The number of hydrogen-bond acceptors (Lipinski definition) is 3. The number of thioether (sulfide) groups is 1. The van der Waals surface area contributed by atoms with Crippen molar-refractivity contribution >= 4 is 46.6 Å². The molecule has 0 bridgehead atoms. The van der Waals surface area contributed by atoms with Crippen molar-refractivity contribution in [2.75, 3.05) is 0 Å². The zero-order valence-electron chi connectivity index (χ0n) is 8.53. The van der Waals surface area contributed by atoms with Gasteiger partial charge in [-0.15, -0.1) is 0 Å². The van der Waals surface area contributed by atoms with E-state index in [0.717, 1.165) is 16.3 Å². The molecule has 2 nitrogen and oxygen atoms in total. The first-order chi connectivity index (χ1) is 8.15. The van der Waals surface area contributed by atoms with Crippen molar-refractivity contribution in [2.45, 2.75) is 10.8 Å². The molecule has 2 aromatic rings. The first-order valence-electron chi connectivity index (χ1n) is 4.70. The molecule has 6 heteroatoms. The summed E-state index contributed by atoms with van der Waals surface area (Å²) in [6.07, 6.45) is 1.50. The Morgan fingerprint density at radius 3 is 2.47 bits per heavy atom. The number of nitrogens with zero attached hydrogens (tertiary/aromatic N) is 2. The Kier molecular flexibility index (Phi) is 4.51. The van der Waals surface area contributed by atoms with E-state index in [4.69, 9.17) is 34.8 Å². The normalized spacial score (nSPS) is 10.5. The smallest absolute Gasteiger partial charge is 0.223 e. The van der Waals surface area contributed by atoms with E-state index in [1.807, 2.05) is 24.3 Å². The quantitative estimate of drug-likeness (QED) is 0.466. The largest absolute Gasteiger partial charge is 0.225 e. The van der Waals surface area contributed by atoms with Crippen LogP contribution in [0.3, 0.4) is 0 Å². The van der Waals surface area contributed by atoms with Gasteiger partial charge in [-0.2, -0.15) is 0 Å². The van der Waals surface area contributed by atoms with E-state index < -0.39 is 0 Å². The van der Waals surface area contributed by atoms with E-state index in [1.165, 1.54) is 18.0 Å². The molecule has 0 aliphatic heterocycles. The standard InChI is InChI=1S/C11H7Cl3N2S/c12-8-3-1-7(2-4-8)6-17-10-9(13)5-15-11(14)16-10/h1-5H,6H2. The molecule has 1 aromatic carbocycles.